The van der Waals surface area contributed by atoms with Crippen molar-refractivity contribution in [3.63, 3.8) is 0 Å². The molecule has 0 aliphatic rings. The van der Waals surface area contributed by atoms with Crippen LogP contribution in [0.2, 0.25) is 0 Å². The highest BCUT2D eigenvalue weighted by Gasteiger charge is 2.02. The number of carbonyl (C=O) groups is 1. The lowest BCUT2D eigenvalue weighted by Gasteiger charge is -2.03. The third-order valence-corrected chi connectivity index (χ3v) is 1.93. The lowest BCUT2D eigenvalue weighted by Crippen LogP contribution is -2.19. The van der Waals surface area contributed by atoms with E-state index in [1.807, 2.05) is 0 Å². The molecule has 0 radical (unpaired) electrons. The number of amides is 1. The van der Waals surface area contributed by atoms with E-state index >= 15 is 0 Å². The normalized spacial score (nSPS) is 9.69. The smallest absolute Gasteiger partial charge is 0.246 e. The van der Waals surface area contributed by atoms with Gasteiger partial charge in [0.25, 0.3) is 0 Å². The topological polar surface area (TPSA) is 49.3 Å². The molecule has 3 nitrogen and oxygen atoms in total. The van der Waals surface area contributed by atoms with E-state index in [-0.39, 0.29) is 12.5 Å². The maximum Gasteiger partial charge on any atom is 0.246 e. The Balaban J connectivity index is 3.32. The van der Waals surface area contributed by atoms with E-state index in [4.69, 9.17) is 5.11 Å². The second-order valence-corrected chi connectivity index (χ2v) is 3.07. The molecule has 0 saturated carbocycles. The predicted octanol–water partition coefficient (Wildman–Crippen LogP) is 1.23. The molecule has 76 valence electrons. The van der Waals surface area contributed by atoms with Crippen molar-refractivity contribution in [2.24, 2.45) is 0 Å². The molecule has 0 aliphatic heterocycles. The molecule has 0 rings (SSSR count). The highest BCUT2D eigenvalue weighted by atomic mass is 16.2. The summed E-state index contributed by atoms with van der Waals surface area (Å²) < 4.78 is 0. The van der Waals surface area contributed by atoms with Gasteiger partial charge in [-0.1, -0.05) is 19.4 Å². The van der Waals surface area contributed by atoms with E-state index in [1.165, 1.54) is 0 Å². The summed E-state index contributed by atoms with van der Waals surface area (Å²) in [5.41, 5.74) is 0.645. The van der Waals surface area contributed by atoms with Crippen LogP contribution in [0, 0.1) is 0 Å². The second kappa shape index (κ2) is 7.80. The van der Waals surface area contributed by atoms with Crippen molar-refractivity contribution in [2.75, 3.05) is 13.7 Å². The maximum absolute atomic E-state index is 11.0. The van der Waals surface area contributed by atoms with Crippen LogP contribution in [0.5, 0.6) is 0 Å². The molecular weight excluding hydrogens is 166 g/mol. The standard InChI is InChI=1S/C10H19NO2/c1-9(10(13)11-2)7-5-3-4-6-8-12/h12H,1,3-8H2,2H3,(H,11,13). The summed E-state index contributed by atoms with van der Waals surface area (Å²) in [6.07, 6.45) is 4.66. The van der Waals surface area contributed by atoms with Crippen molar-refractivity contribution in [2.45, 2.75) is 32.1 Å². The number of aliphatic hydroxyl groups is 1. The minimum absolute atomic E-state index is 0.0674. The van der Waals surface area contributed by atoms with Crippen LogP contribution in [0.15, 0.2) is 12.2 Å². The SMILES string of the molecule is C=C(CCCCCCO)C(=O)NC. The van der Waals surface area contributed by atoms with Crippen LogP contribution in [-0.4, -0.2) is 24.7 Å². The molecule has 2 N–H and O–H groups in total. The van der Waals surface area contributed by atoms with E-state index in [0.717, 1.165) is 32.1 Å². The van der Waals surface area contributed by atoms with Crippen LogP contribution >= 0.6 is 0 Å². The molecule has 0 aromatic heterocycles. The third-order valence-electron chi connectivity index (χ3n) is 1.93. The van der Waals surface area contributed by atoms with Crippen molar-refractivity contribution in [3.05, 3.63) is 12.2 Å². The Morgan fingerprint density at radius 1 is 1.31 bits per heavy atom. The Morgan fingerprint density at radius 2 is 1.92 bits per heavy atom. The minimum atomic E-state index is -0.0674. The molecule has 0 saturated heterocycles. The molecule has 0 fully saturated rings. The summed E-state index contributed by atoms with van der Waals surface area (Å²) in [5, 5.41) is 11.1. The fourth-order valence-electron chi connectivity index (χ4n) is 1.09. The van der Waals surface area contributed by atoms with E-state index in [0.29, 0.717) is 5.57 Å². The first-order chi connectivity index (χ1) is 6.22. The molecule has 0 bridgehead atoms. The molecule has 0 aliphatic carbocycles. The van der Waals surface area contributed by atoms with E-state index in [2.05, 4.69) is 11.9 Å². The predicted molar refractivity (Wildman–Crippen MR) is 53.4 cm³/mol. The average Bonchev–Trinajstić information content (AvgIpc) is 2.16. The van der Waals surface area contributed by atoms with Crippen molar-refractivity contribution < 1.29 is 9.90 Å². The first-order valence-corrected chi connectivity index (χ1v) is 4.73. The summed E-state index contributed by atoms with van der Waals surface area (Å²) in [7, 11) is 1.61. The summed E-state index contributed by atoms with van der Waals surface area (Å²) in [4.78, 5) is 11.0. The van der Waals surface area contributed by atoms with Gasteiger partial charge in [0, 0.05) is 19.2 Å². The van der Waals surface area contributed by atoms with Crippen LogP contribution in [0.4, 0.5) is 0 Å². The molecule has 1 amide bonds. The Hall–Kier alpha value is -0.830. The highest BCUT2D eigenvalue weighted by Crippen LogP contribution is 2.08. The van der Waals surface area contributed by atoms with E-state index in [9.17, 15) is 4.79 Å². The highest BCUT2D eigenvalue weighted by molar-refractivity contribution is 5.92. The van der Waals surface area contributed by atoms with Crippen LogP contribution in [0.25, 0.3) is 0 Å². The first kappa shape index (κ1) is 12.2. The van der Waals surface area contributed by atoms with E-state index in [1.54, 1.807) is 7.05 Å². The van der Waals surface area contributed by atoms with Crippen LogP contribution < -0.4 is 5.32 Å². The van der Waals surface area contributed by atoms with Crippen molar-refractivity contribution in [1.82, 2.24) is 5.32 Å². The van der Waals surface area contributed by atoms with Crippen molar-refractivity contribution in [1.29, 1.82) is 0 Å². The zero-order chi connectivity index (χ0) is 10.1. The number of rotatable bonds is 7. The first-order valence-electron chi connectivity index (χ1n) is 4.73. The largest absolute Gasteiger partial charge is 0.396 e. The lowest BCUT2D eigenvalue weighted by atomic mass is 10.1. The maximum atomic E-state index is 11.0. The van der Waals surface area contributed by atoms with Gasteiger partial charge < -0.3 is 10.4 Å². The third kappa shape index (κ3) is 6.34. The Morgan fingerprint density at radius 3 is 2.46 bits per heavy atom. The fraction of sp³-hybridized carbons (Fsp3) is 0.700. The van der Waals surface area contributed by atoms with Gasteiger partial charge in [0.2, 0.25) is 5.91 Å². The molecule has 0 heterocycles. The van der Waals surface area contributed by atoms with Crippen molar-refractivity contribution in [3.8, 4) is 0 Å². The zero-order valence-corrected chi connectivity index (χ0v) is 8.31. The lowest BCUT2D eigenvalue weighted by molar-refractivity contribution is -0.117. The summed E-state index contributed by atoms with van der Waals surface area (Å²) in [6, 6.07) is 0. The zero-order valence-electron chi connectivity index (χ0n) is 8.31. The number of hydrogen-bond acceptors (Lipinski definition) is 2. The molecule has 13 heavy (non-hydrogen) atoms. The quantitative estimate of drug-likeness (QED) is 0.463. The van der Waals surface area contributed by atoms with E-state index < -0.39 is 0 Å². The number of likely N-dealkylation sites (N-methyl/N-ethyl adjacent to an activating group) is 1. The number of nitrogens with one attached hydrogen (secondary N) is 1. The molecule has 0 aromatic carbocycles. The molecule has 0 spiro atoms. The Bertz CT molecular complexity index is 166. The molecular formula is C10H19NO2. The van der Waals surface area contributed by atoms with Gasteiger partial charge in [-0.3, -0.25) is 4.79 Å². The fourth-order valence-corrected chi connectivity index (χ4v) is 1.09. The molecule has 0 aromatic rings. The minimum Gasteiger partial charge on any atom is -0.396 e. The number of carbonyl (C=O) groups excluding carboxylic acids is 1. The molecule has 0 unspecified atom stereocenters. The van der Waals surface area contributed by atoms with Gasteiger partial charge in [0.1, 0.15) is 0 Å². The average molecular weight is 185 g/mol. The summed E-state index contributed by atoms with van der Waals surface area (Å²) in [5.74, 6) is -0.0674. The number of aliphatic hydroxyl groups excluding tert-OH is 1. The second-order valence-electron chi connectivity index (χ2n) is 3.07. The summed E-state index contributed by atoms with van der Waals surface area (Å²) in [6.45, 7) is 3.94. The monoisotopic (exact) mass is 185 g/mol. The van der Waals surface area contributed by atoms with Gasteiger partial charge in [-0.15, -0.1) is 0 Å². The van der Waals surface area contributed by atoms with Crippen LogP contribution in [-0.2, 0) is 4.79 Å². The van der Waals surface area contributed by atoms with Gasteiger partial charge in [0.15, 0.2) is 0 Å². The van der Waals surface area contributed by atoms with Crippen LogP contribution in [0.3, 0.4) is 0 Å². The Labute approximate surface area is 79.8 Å². The molecule has 0 atom stereocenters. The van der Waals surface area contributed by atoms with Gasteiger partial charge in [-0.2, -0.15) is 0 Å². The summed E-state index contributed by atoms with van der Waals surface area (Å²) >= 11 is 0. The van der Waals surface area contributed by atoms with Gasteiger partial charge in [0.05, 0.1) is 0 Å². The van der Waals surface area contributed by atoms with Crippen molar-refractivity contribution >= 4 is 5.91 Å². The number of unbranched alkanes of at least 4 members (excludes halogenated alkanes) is 3. The van der Waals surface area contributed by atoms with Gasteiger partial charge in [-0.25, -0.2) is 0 Å². The van der Waals surface area contributed by atoms with Gasteiger partial charge in [-0.05, 0) is 19.3 Å². The van der Waals surface area contributed by atoms with Gasteiger partial charge >= 0.3 is 0 Å². The Kier molecular flexibility index (Phi) is 7.30. The van der Waals surface area contributed by atoms with Crippen LogP contribution in [0.1, 0.15) is 32.1 Å². The number of hydrogen-bond donors (Lipinski definition) is 2. The molecule has 3 heteroatoms.